The molecule has 0 N–H and O–H groups in total. The number of hydrogen-bond acceptors (Lipinski definition) is 2. The summed E-state index contributed by atoms with van der Waals surface area (Å²) in [6.07, 6.45) is 8.86. The van der Waals surface area contributed by atoms with Crippen molar-refractivity contribution >= 4 is 31.5 Å². The Balaban J connectivity index is 1.03. The predicted molar refractivity (Wildman–Crippen MR) is 222 cm³/mol. The second-order valence-corrected chi connectivity index (χ2v) is 17.4. The average molecular weight is 698 g/mol. The summed E-state index contributed by atoms with van der Waals surface area (Å²) in [5, 5.41) is 2.73. The van der Waals surface area contributed by atoms with E-state index in [4.69, 9.17) is 0 Å². The molecule has 13 rings (SSSR count). The first-order valence-corrected chi connectivity index (χ1v) is 20.3. The molecule has 1 nitrogen and oxygen atoms in total. The molecule has 0 atom stereocenters. The zero-order chi connectivity index (χ0) is 34.7. The fourth-order valence-electron chi connectivity index (χ4n) is 11.8. The van der Waals surface area contributed by atoms with E-state index in [9.17, 15) is 0 Å². The van der Waals surface area contributed by atoms with Crippen molar-refractivity contribution in [2.75, 3.05) is 0 Å². The Morgan fingerprint density at radius 1 is 0.453 bits per heavy atom. The van der Waals surface area contributed by atoms with Crippen LogP contribution in [0.15, 0.2) is 152 Å². The molecule has 2 heterocycles. The Bertz CT molecular complexity index is 2720. The third-order valence-electron chi connectivity index (χ3n) is 13.7. The third kappa shape index (κ3) is 4.39. The van der Waals surface area contributed by atoms with E-state index in [0.717, 1.165) is 23.1 Å². The minimum atomic E-state index is 0.0809. The zero-order valence-corrected chi connectivity index (χ0v) is 30.5. The molecule has 6 aromatic carbocycles. The molecule has 0 unspecified atom stereocenters. The molecule has 4 fully saturated rings. The number of pyridine rings is 1. The summed E-state index contributed by atoms with van der Waals surface area (Å²) in [4.78, 5) is 4.64. The van der Waals surface area contributed by atoms with Gasteiger partial charge in [0.15, 0.2) is 0 Å². The van der Waals surface area contributed by atoms with E-state index >= 15 is 0 Å². The lowest BCUT2D eigenvalue weighted by molar-refractivity contribution is -0.0397. The van der Waals surface area contributed by atoms with Gasteiger partial charge in [-0.25, -0.2) is 0 Å². The number of aromatic nitrogens is 1. The number of hydrogen-bond donors (Lipinski definition) is 0. The molecule has 4 bridgehead atoms. The van der Waals surface area contributed by atoms with Crippen molar-refractivity contribution < 1.29 is 0 Å². The van der Waals surface area contributed by atoms with Gasteiger partial charge in [-0.2, -0.15) is 0 Å². The van der Waals surface area contributed by atoms with E-state index in [1.54, 1.807) is 11.1 Å². The molecule has 8 aromatic rings. The summed E-state index contributed by atoms with van der Waals surface area (Å²) in [5.41, 5.74) is 16.3. The fraction of sp³-hybridized carbons (Fsp3) is 0.196. The first-order valence-electron chi connectivity index (χ1n) is 19.5. The minimum absolute atomic E-state index is 0.0809. The van der Waals surface area contributed by atoms with Crippen LogP contribution in [0.4, 0.5) is 0 Å². The quantitative estimate of drug-likeness (QED) is 0.178. The van der Waals surface area contributed by atoms with Gasteiger partial charge < -0.3 is 0 Å². The van der Waals surface area contributed by atoms with Crippen LogP contribution >= 0.6 is 11.3 Å². The first-order chi connectivity index (χ1) is 26.2. The topological polar surface area (TPSA) is 12.9 Å². The van der Waals surface area contributed by atoms with Crippen molar-refractivity contribution in [1.29, 1.82) is 0 Å². The highest BCUT2D eigenvalue weighted by molar-refractivity contribution is 7.25. The molecular weight excluding hydrogens is 659 g/mol. The van der Waals surface area contributed by atoms with E-state index in [1.165, 1.54) is 96.8 Å². The molecule has 0 aliphatic heterocycles. The molecule has 0 radical (unpaired) electrons. The first kappa shape index (κ1) is 30.2. The van der Waals surface area contributed by atoms with Gasteiger partial charge in [0.25, 0.3) is 0 Å². The summed E-state index contributed by atoms with van der Waals surface area (Å²) >= 11 is 1.91. The van der Waals surface area contributed by atoms with E-state index < -0.39 is 0 Å². The lowest BCUT2D eigenvalue weighted by Gasteiger charge is -2.61. The van der Waals surface area contributed by atoms with Gasteiger partial charge in [-0.3, -0.25) is 4.98 Å². The standard InChI is InChI=1S/C51H39NS/c1-2-16-48-42(12-1)43-19-17-36(30-49(43)53-48)35-18-20-46-45(29-35)44-14-7-13-41(50(44)51(46)39-23-31-22-32(25-39)26-40(51)24-31)37-10-5-8-33(27-37)34-9-6-11-38(28-34)47-15-3-4-21-52-47/h1-21,27-32,39-40H,22-26H2. The number of rotatable bonds is 4. The zero-order valence-electron chi connectivity index (χ0n) is 29.6. The van der Waals surface area contributed by atoms with Gasteiger partial charge in [0.05, 0.1) is 5.69 Å². The highest BCUT2D eigenvalue weighted by Crippen LogP contribution is 2.70. The smallest absolute Gasteiger partial charge is 0.0702 e. The molecule has 53 heavy (non-hydrogen) atoms. The Morgan fingerprint density at radius 3 is 1.91 bits per heavy atom. The van der Waals surface area contributed by atoms with Crippen LogP contribution in [-0.2, 0) is 5.41 Å². The summed E-state index contributed by atoms with van der Waals surface area (Å²) in [7, 11) is 0. The molecule has 1 spiro atoms. The van der Waals surface area contributed by atoms with Gasteiger partial charge in [0.2, 0.25) is 0 Å². The predicted octanol–water partition coefficient (Wildman–Crippen LogP) is 13.8. The van der Waals surface area contributed by atoms with E-state index in [0.29, 0.717) is 11.8 Å². The number of thiophene rings is 1. The maximum absolute atomic E-state index is 4.64. The molecule has 2 aromatic heterocycles. The average Bonchev–Trinajstić information content (AvgIpc) is 3.73. The van der Waals surface area contributed by atoms with Gasteiger partial charge in [-0.1, -0.05) is 103 Å². The van der Waals surface area contributed by atoms with Gasteiger partial charge in [0, 0.05) is 37.3 Å². The Hall–Kier alpha value is -5.31. The number of fused-ring (bicyclic) bond motifs is 6. The number of benzene rings is 6. The van der Waals surface area contributed by atoms with Crippen LogP contribution in [0.5, 0.6) is 0 Å². The molecule has 0 amide bonds. The summed E-state index contributed by atoms with van der Waals surface area (Å²) < 4.78 is 2.73. The van der Waals surface area contributed by atoms with Crippen LogP contribution in [-0.4, -0.2) is 4.98 Å². The molecule has 5 aliphatic rings. The van der Waals surface area contributed by atoms with Crippen LogP contribution in [0.3, 0.4) is 0 Å². The van der Waals surface area contributed by atoms with Crippen molar-refractivity contribution in [1.82, 2.24) is 4.98 Å². The molecule has 0 saturated heterocycles. The van der Waals surface area contributed by atoms with Crippen molar-refractivity contribution in [2.45, 2.75) is 37.5 Å². The second kappa shape index (κ2) is 11.3. The van der Waals surface area contributed by atoms with Crippen LogP contribution in [0.1, 0.15) is 43.2 Å². The van der Waals surface area contributed by atoms with E-state index in [1.807, 2.05) is 23.6 Å². The summed E-state index contributed by atoms with van der Waals surface area (Å²) in [6, 6.07) is 55.2. The largest absolute Gasteiger partial charge is 0.256 e. The van der Waals surface area contributed by atoms with E-state index in [-0.39, 0.29) is 5.41 Å². The van der Waals surface area contributed by atoms with Gasteiger partial charge in [-0.15, -0.1) is 11.3 Å². The minimum Gasteiger partial charge on any atom is -0.256 e. The summed E-state index contributed by atoms with van der Waals surface area (Å²) in [5.74, 6) is 3.23. The van der Waals surface area contributed by atoms with E-state index in [2.05, 4.69) is 145 Å². The van der Waals surface area contributed by atoms with Crippen molar-refractivity contribution in [3.63, 3.8) is 0 Å². The molecule has 4 saturated carbocycles. The van der Waals surface area contributed by atoms with Crippen LogP contribution in [0, 0.1) is 23.7 Å². The van der Waals surface area contributed by atoms with Gasteiger partial charge in [0.1, 0.15) is 0 Å². The SMILES string of the molecule is c1ccc(-c2cccc(-c3cccc(-c4cccc5c4C4(c6ccc(-c7ccc8c(c7)sc7ccccc78)cc6-5)C5CC6CC(C5)CC4C6)c3)c2)nc1. The Labute approximate surface area is 315 Å². The normalized spacial score (nSPS) is 23.5. The van der Waals surface area contributed by atoms with Crippen molar-refractivity contribution in [2.24, 2.45) is 23.7 Å². The number of nitrogens with zero attached hydrogens (tertiary/aromatic N) is 1. The molecule has 254 valence electrons. The molecule has 2 heteroatoms. The fourth-order valence-corrected chi connectivity index (χ4v) is 13.0. The molecule has 5 aliphatic carbocycles. The van der Waals surface area contributed by atoms with Gasteiger partial charge >= 0.3 is 0 Å². The maximum atomic E-state index is 4.64. The lowest BCUT2D eigenvalue weighted by atomic mass is 9.42. The van der Waals surface area contributed by atoms with Gasteiger partial charge in [-0.05, 0) is 154 Å². The Kier molecular flexibility index (Phi) is 6.46. The Morgan fingerprint density at radius 2 is 1.09 bits per heavy atom. The monoisotopic (exact) mass is 697 g/mol. The highest BCUT2D eigenvalue weighted by Gasteiger charge is 2.62. The third-order valence-corrected chi connectivity index (χ3v) is 14.8. The van der Waals surface area contributed by atoms with Crippen molar-refractivity contribution in [3.05, 3.63) is 163 Å². The van der Waals surface area contributed by atoms with Crippen LogP contribution < -0.4 is 0 Å². The maximum Gasteiger partial charge on any atom is 0.0702 e. The van der Waals surface area contributed by atoms with Crippen LogP contribution in [0.2, 0.25) is 0 Å². The highest BCUT2D eigenvalue weighted by atomic mass is 32.1. The van der Waals surface area contributed by atoms with Crippen molar-refractivity contribution in [3.8, 4) is 55.8 Å². The van der Waals surface area contributed by atoms with Crippen LogP contribution in [0.25, 0.3) is 75.9 Å². The molecular formula is C51H39NS. The second-order valence-electron chi connectivity index (χ2n) is 16.3. The summed E-state index contributed by atoms with van der Waals surface area (Å²) in [6.45, 7) is 0. The lowest BCUT2D eigenvalue weighted by Crippen LogP contribution is -2.55.